The van der Waals surface area contributed by atoms with Gasteiger partial charge in [0, 0.05) is 17.7 Å². The van der Waals surface area contributed by atoms with Crippen LogP contribution in [0.25, 0.3) is 0 Å². The van der Waals surface area contributed by atoms with Crippen LogP contribution in [0.4, 0.5) is 15.2 Å². The average Bonchev–Trinajstić information content (AvgIpc) is 3.36. The summed E-state index contributed by atoms with van der Waals surface area (Å²) in [6.07, 6.45) is 0.915. The molecule has 1 atom stereocenters. The number of nitrogens with two attached hydrogens (primary N) is 1. The van der Waals surface area contributed by atoms with Gasteiger partial charge in [-0.1, -0.05) is 73.3 Å². The first kappa shape index (κ1) is 27.6. The Balaban J connectivity index is 1.48. The Morgan fingerprint density at radius 2 is 1.95 bits per heavy atom. The molecule has 2 aliphatic rings. The number of benzene rings is 2. The van der Waals surface area contributed by atoms with Crippen molar-refractivity contribution in [2.24, 2.45) is 11.1 Å². The lowest BCUT2D eigenvalue weighted by Gasteiger charge is -2.42. The van der Waals surface area contributed by atoms with Crippen LogP contribution in [0.5, 0.6) is 0 Å². The number of nitrogens with one attached hydrogen (secondary N) is 1. The summed E-state index contributed by atoms with van der Waals surface area (Å²) in [4.78, 5) is 27.8. The predicted molar refractivity (Wildman–Crippen MR) is 154 cm³/mol. The number of anilines is 2. The summed E-state index contributed by atoms with van der Waals surface area (Å²) >= 11 is 2.36. The predicted octanol–water partition coefficient (Wildman–Crippen LogP) is 5.66. The van der Waals surface area contributed by atoms with Crippen LogP contribution in [-0.4, -0.2) is 27.6 Å². The van der Waals surface area contributed by atoms with Crippen LogP contribution >= 0.6 is 23.1 Å². The third kappa shape index (κ3) is 5.24. The number of thioether (sulfide) groups is 1. The molecule has 0 bridgehead atoms. The highest BCUT2D eigenvalue weighted by molar-refractivity contribution is 8.01. The number of aryl methyl sites for hydroxylation is 1. The zero-order chi connectivity index (χ0) is 28.6. The molecule has 0 radical (unpaired) electrons. The summed E-state index contributed by atoms with van der Waals surface area (Å²) in [5, 5.41) is 21.8. The third-order valence-electron chi connectivity index (χ3n) is 6.94. The average molecular weight is 575 g/mol. The number of amides is 1. The van der Waals surface area contributed by atoms with Gasteiger partial charge in [-0.25, -0.2) is 4.39 Å². The number of halogens is 1. The van der Waals surface area contributed by atoms with Crippen LogP contribution < -0.4 is 16.0 Å². The quantitative estimate of drug-likeness (QED) is 0.362. The second-order valence-corrected chi connectivity index (χ2v) is 12.7. The summed E-state index contributed by atoms with van der Waals surface area (Å²) in [5.41, 5.74) is 9.88. The van der Waals surface area contributed by atoms with E-state index in [2.05, 4.69) is 21.6 Å². The van der Waals surface area contributed by atoms with Gasteiger partial charge in [-0.05, 0) is 42.0 Å². The third-order valence-corrected chi connectivity index (χ3v) is 8.98. The molecule has 0 saturated heterocycles. The topological polar surface area (TPSA) is 125 Å². The number of aromatic nitrogens is 2. The van der Waals surface area contributed by atoms with Crippen molar-refractivity contribution in [3.05, 3.63) is 88.1 Å². The molecule has 11 heteroatoms. The molecule has 5 rings (SSSR count). The van der Waals surface area contributed by atoms with Gasteiger partial charge in [0.1, 0.15) is 11.6 Å². The molecule has 204 valence electrons. The monoisotopic (exact) mass is 574 g/mol. The largest absolute Gasteiger partial charge is 0.384 e. The molecular formula is C29H27FN6O2S2. The van der Waals surface area contributed by atoms with Crippen molar-refractivity contribution in [2.75, 3.05) is 16.0 Å². The van der Waals surface area contributed by atoms with Crippen LogP contribution in [0.1, 0.15) is 43.7 Å². The van der Waals surface area contributed by atoms with E-state index in [4.69, 9.17) is 5.73 Å². The lowest BCUT2D eigenvalue weighted by atomic mass is 9.68. The number of rotatable bonds is 6. The number of ketones is 1. The molecule has 1 aliphatic carbocycles. The number of carbonyl (C=O) groups is 2. The number of allylic oxidation sites excluding steroid dienone is 3. The molecule has 1 aromatic heterocycles. The summed E-state index contributed by atoms with van der Waals surface area (Å²) in [5.74, 6) is -1.28. The molecule has 1 aliphatic heterocycles. The molecule has 8 nitrogen and oxygen atoms in total. The van der Waals surface area contributed by atoms with E-state index >= 15 is 0 Å². The van der Waals surface area contributed by atoms with Gasteiger partial charge >= 0.3 is 0 Å². The number of Topliss-reactive ketones (excluding diaryl/α,β-unsaturated/α-hetero) is 1. The fourth-order valence-corrected chi connectivity index (χ4v) is 6.86. The van der Waals surface area contributed by atoms with E-state index in [0.29, 0.717) is 27.9 Å². The van der Waals surface area contributed by atoms with Crippen molar-refractivity contribution in [2.45, 2.75) is 43.9 Å². The van der Waals surface area contributed by atoms with Crippen LogP contribution in [0, 0.1) is 29.5 Å². The number of nitriles is 1. The fraction of sp³-hybridized carbons (Fsp3) is 0.276. The Kier molecular flexibility index (Phi) is 7.49. The van der Waals surface area contributed by atoms with Crippen LogP contribution in [-0.2, 0) is 9.59 Å². The van der Waals surface area contributed by atoms with Gasteiger partial charge in [-0.2, -0.15) is 5.26 Å². The van der Waals surface area contributed by atoms with E-state index < -0.39 is 11.7 Å². The molecule has 2 heterocycles. The second-order valence-electron chi connectivity index (χ2n) is 10.5. The summed E-state index contributed by atoms with van der Waals surface area (Å²) in [6, 6.07) is 15.9. The Labute approximate surface area is 239 Å². The van der Waals surface area contributed by atoms with E-state index in [1.165, 1.54) is 23.5 Å². The van der Waals surface area contributed by atoms with E-state index in [1.807, 2.05) is 45.0 Å². The normalized spacial score (nSPS) is 18.4. The van der Waals surface area contributed by atoms with Crippen LogP contribution in [0.2, 0.25) is 0 Å². The Hall–Kier alpha value is -4.01. The van der Waals surface area contributed by atoms with Crippen LogP contribution in [0.15, 0.2) is 75.5 Å². The molecule has 0 fully saturated rings. The Bertz CT molecular complexity index is 1620. The van der Waals surface area contributed by atoms with Gasteiger partial charge < -0.3 is 11.1 Å². The first-order chi connectivity index (χ1) is 19.1. The molecule has 0 spiro atoms. The molecule has 40 heavy (non-hydrogen) atoms. The zero-order valence-corrected chi connectivity index (χ0v) is 23.8. The maximum Gasteiger partial charge on any atom is 0.234 e. The van der Waals surface area contributed by atoms with Gasteiger partial charge in [0.15, 0.2) is 10.1 Å². The van der Waals surface area contributed by atoms with E-state index in [1.54, 1.807) is 17.0 Å². The van der Waals surface area contributed by atoms with Gasteiger partial charge in [-0.15, -0.1) is 10.2 Å². The van der Waals surface area contributed by atoms with Crippen LogP contribution in [0.3, 0.4) is 0 Å². The maximum atomic E-state index is 13.9. The summed E-state index contributed by atoms with van der Waals surface area (Å²) in [7, 11) is 0. The molecular weight excluding hydrogens is 547 g/mol. The van der Waals surface area contributed by atoms with Gasteiger partial charge in [-0.3, -0.25) is 14.5 Å². The Morgan fingerprint density at radius 1 is 1.23 bits per heavy atom. The summed E-state index contributed by atoms with van der Waals surface area (Å²) in [6.45, 7) is 6.02. The minimum atomic E-state index is -0.565. The minimum absolute atomic E-state index is 0.00738. The van der Waals surface area contributed by atoms with Crippen molar-refractivity contribution in [1.29, 1.82) is 5.26 Å². The van der Waals surface area contributed by atoms with Crippen molar-refractivity contribution in [3.8, 4) is 6.07 Å². The minimum Gasteiger partial charge on any atom is -0.384 e. The summed E-state index contributed by atoms with van der Waals surface area (Å²) < 4.78 is 14.4. The van der Waals surface area contributed by atoms with Gasteiger partial charge in [0.05, 0.1) is 29.0 Å². The molecule has 3 aromatic rings. The smallest absolute Gasteiger partial charge is 0.234 e. The standard InChI is InChI=1S/C29H27FN6O2S2/c1-16-8-4-5-9-17(16)24-18(14-31)26(32)36(21-12-29(2,3)13-22(37)25(21)24)27-34-35-28(40-27)39-15-23(38)33-20-11-7-6-10-19(20)30/h4-11,24H,12-13,15,32H2,1-3H3,(H,33,38). The maximum absolute atomic E-state index is 13.9. The molecule has 3 N–H and O–H groups in total. The first-order valence-corrected chi connectivity index (χ1v) is 14.4. The number of para-hydroxylation sites is 1. The van der Waals surface area contributed by atoms with Crippen molar-refractivity contribution in [3.63, 3.8) is 0 Å². The lowest BCUT2D eigenvalue weighted by molar-refractivity contribution is -0.118. The van der Waals surface area contributed by atoms with E-state index in [-0.39, 0.29) is 39.9 Å². The molecule has 0 saturated carbocycles. The Morgan fingerprint density at radius 3 is 2.67 bits per heavy atom. The second kappa shape index (κ2) is 10.9. The number of nitrogens with zero attached hydrogens (tertiary/aromatic N) is 4. The number of hydrogen-bond donors (Lipinski definition) is 2. The lowest BCUT2D eigenvalue weighted by Crippen LogP contribution is -2.42. The molecule has 1 unspecified atom stereocenters. The highest BCUT2D eigenvalue weighted by atomic mass is 32.2. The molecule has 2 aromatic carbocycles. The SMILES string of the molecule is Cc1ccccc1C1C(C#N)=C(N)N(c2nnc(SCC(=O)Nc3ccccc3F)s2)C2=C1C(=O)CC(C)(C)C2. The number of hydrogen-bond acceptors (Lipinski definition) is 9. The van der Waals surface area contributed by atoms with E-state index in [0.717, 1.165) is 28.6 Å². The van der Waals surface area contributed by atoms with Gasteiger partial charge in [0.25, 0.3) is 0 Å². The van der Waals surface area contributed by atoms with Gasteiger partial charge in [0.2, 0.25) is 11.0 Å². The van der Waals surface area contributed by atoms with Crippen molar-refractivity contribution in [1.82, 2.24) is 10.2 Å². The number of carbonyl (C=O) groups excluding carboxylic acids is 2. The molecule has 1 amide bonds. The van der Waals surface area contributed by atoms with Crippen molar-refractivity contribution >= 4 is 45.6 Å². The van der Waals surface area contributed by atoms with Crippen molar-refractivity contribution < 1.29 is 14.0 Å². The highest BCUT2D eigenvalue weighted by Crippen LogP contribution is 2.51. The fourth-order valence-electron chi connectivity index (χ4n) is 5.18. The van der Waals surface area contributed by atoms with E-state index in [9.17, 15) is 19.2 Å². The zero-order valence-electron chi connectivity index (χ0n) is 22.2. The highest BCUT2D eigenvalue weighted by Gasteiger charge is 2.45. The first-order valence-electron chi connectivity index (χ1n) is 12.6.